The van der Waals surface area contributed by atoms with Gasteiger partial charge in [-0.3, -0.25) is 5.32 Å². The van der Waals surface area contributed by atoms with E-state index in [9.17, 15) is 9.59 Å². The van der Waals surface area contributed by atoms with Crippen molar-refractivity contribution in [2.24, 2.45) is 0 Å². The molecule has 3 rings (SSSR count). The third-order valence-corrected chi connectivity index (χ3v) is 5.19. The number of benzene rings is 2. The number of nitrogens with zero attached hydrogens (tertiary/aromatic N) is 1. The van der Waals surface area contributed by atoms with E-state index in [2.05, 4.69) is 10.6 Å². The highest BCUT2D eigenvalue weighted by molar-refractivity contribution is 6.31. The summed E-state index contributed by atoms with van der Waals surface area (Å²) in [6.45, 7) is 0.893. The average Bonchev–Trinajstić information content (AvgIpc) is 2.68. The van der Waals surface area contributed by atoms with Gasteiger partial charge in [0.1, 0.15) is 0 Å². The number of hydrogen-bond donors (Lipinski definition) is 2. The first-order valence-corrected chi connectivity index (χ1v) is 10.3. The van der Waals surface area contributed by atoms with E-state index in [1.807, 2.05) is 4.90 Å². The maximum Gasteiger partial charge on any atom is 0.411 e. The topological polar surface area (TPSA) is 70.7 Å². The molecule has 2 aromatic carbocycles. The van der Waals surface area contributed by atoms with Crippen molar-refractivity contribution in [3.8, 4) is 0 Å². The van der Waals surface area contributed by atoms with Gasteiger partial charge in [0.15, 0.2) is 0 Å². The molecule has 3 amide bonds. The van der Waals surface area contributed by atoms with Crippen LogP contribution in [0.25, 0.3) is 0 Å². The van der Waals surface area contributed by atoms with Crippen molar-refractivity contribution in [3.05, 3.63) is 58.6 Å². The molecule has 0 bridgehead atoms. The molecule has 8 heteroatoms. The van der Waals surface area contributed by atoms with E-state index in [1.54, 1.807) is 48.5 Å². The van der Waals surface area contributed by atoms with Gasteiger partial charge in [-0.25, -0.2) is 9.59 Å². The number of urea groups is 1. The highest BCUT2D eigenvalue weighted by Gasteiger charge is 2.27. The SMILES string of the molecule is O=C(Nc1cccc(Cl)c1)OCC[C@H]1CCCCN1C(=O)Nc1cccc(Cl)c1. The van der Waals surface area contributed by atoms with E-state index < -0.39 is 6.09 Å². The molecule has 0 saturated carbocycles. The molecule has 1 aliphatic heterocycles. The summed E-state index contributed by atoms with van der Waals surface area (Å²) < 4.78 is 5.28. The normalized spacial score (nSPS) is 16.2. The van der Waals surface area contributed by atoms with Crippen LogP contribution in [-0.4, -0.2) is 36.2 Å². The molecule has 0 aromatic heterocycles. The lowest BCUT2D eigenvalue weighted by Crippen LogP contribution is -2.46. The number of piperidine rings is 1. The summed E-state index contributed by atoms with van der Waals surface area (Å²) in [6, 6.07) is 13.8. The molecule has 1 fully saturated rings. The Kier molecular flexibility index (Phi) is 7.61. The fraction of sp³-hybridized carbons (Fsp3) is 0.333. The van der Waals surface area contributed by atoms with Crippen molar-refractivity contribution in [2.45, 2.75) is 31.7 Å². The van der Waals surface area contributed by atoms with Crippen LogP contribution in [0.2, 0.25) is 10.0 Å². The van der Waals surface area contributed by atoms with Crippen LogP contribution in [0.15, 0.2) is 48.5 Å². The Hall–Kier alpha value is -2.44. The second-order valence-corrected chi connectivity index (χ2v) is 7.72. The number of carbonyl (C=O) groups excluding carboxylic acids is 2. The molecule has 0 unspecified atom stereocenters. The maximum absolute atomic E-state index is 12.7. The summed E-state index contributed by atoms with van der Waals surface area (Å²) in [7, 11) is 0. The molecule has 0 aliphatic carbocycles. The summed E-state index contributed by atoms with van der Waals surface area (Å²) >= 11 is 11.9. The third-order valence-electron chi connectivity index (χ3n) is 4.72. The molecule has 154 valence electrons. The van der Waals surface area contributed by atoms with E-state index >= 15 is 0 Å². The van der Waals surface area contributed by atoms with Crippen LogP contribution < -0.4 is 10.6 Å². The summed E-state index contributed by atoms with van der Waals surface area (Å²) in [5.41, 5.74) is 1.23. The van der Waals surface area contributed by atoms with Crippen LogP contribution in [-0.2, 0) is 4.74 Å². The molecule has 0 spiro atoms. The van der Waals surface area contributed by atoms with Gasteiger partial charge in [0.05, 0.1) is 6.61 Å². The zero-order valence-electron chi connectivity index (χ0n) is 15.9. The number of halogens is 2. The maximum atomic E-state index is 12.7. The molecule has 29 heavy (non-hydrogen) atoms. The summed E-state index contributed by atoms with van der Waals surface area (Å²) in [4.78, 5) is 26.5. The van der Waals surface area contributed by atoms with Gasteiger partial charge in [0, 0.05) is 40.4 Å². The Labute approximate surface area is 180 Å². The summed E-state index contributed by atoms with van der Waals surface area (Å²) in [5.74, 6) is 0. The lowest BCUT2D eigenvalue weighted by Gasteiger charge is -2.35. The molecule has 0 radical (unpaired) electrons. The van der Waals surface area contributed by atoms with Crippen LogP contribution in [0.3, 0.4) is 0 Å². The van der Waals surface area contributed by atoms with Crippen molar-refractivity contribution >= 4 is 46.7 Å². The average molecular weight is 436 g/mol. The lowest BCUT2D eigenvalue weighted by molar-refractivity contribution is 0.123. The van der Waals surface area contributed by atoms with Crippen molar-refractivity contribution in [1.82, 2.24) is 4.90 Å². The van der Waals surface area contributed by atoms with E-state index in [1.165, 1.54) is 0 Å². The molecule has 1 atom stereocenters. The van der Waals surface area contributed by atoms with Gasteiger partial charge in [-0.2, -0.15) is 0 Å². The van der Waals surface area contributed by atoms with Crippen molar-refractivity contribution in [1.29, 1.82) is 0 Å². The number of amides is 3. The Morgan fingerprint density at radius 2 is 1.66 bits per heavy atom. The van der Waals surface area contributed by atoms with E-state index in [4.69, 9.17) is 27.9 Å². The minimum Gasteiger partial charge on any atom is -0.449 e. The fourth-order valence-corrected chi connectivity index (χ4v) is 3.72. The zero-order valence-corrected chi connectivity index (χ0v) is 17.4. The number of carbonyl (C=O) groups is 2. The Morgan fingerprint density at radius 3 is 2.31 bits per heavy atom. The van der Waals surface area contributed by atoms with E-state index in [-0.39, 0.29) is 18.7 Å². The van der Waals surface area contributed by atoms with Crippen LogP contribution in [0.1, 0.15) is 25.7 Å². The van der Waals surface area contributed by atoms with Crippen LogP contribution >= 0.6 is 23.2 Å². The fourth-order valence-electron chi connectivity index (χ4n) is 3.34. The molecular formula is C21H23Cl2N3O3. The molecule has 2 N–H and O–H groups in total. The van der Waals surface area contributed by atoms with Gasteiger partial charge in [-0.1, -0.05) is 35.3 Å². The highest BCUT2D eigenvalue weighted by atomic mass is 35.5. The minimum absolute atomic E-state index is 0.0157. The van der Waals surface area contributed by atoms with Crippen LogP contribution in [0.5, 0.6) is 0 Å². The number of anilines is 2. The quantitative estimate of drug-likeness (QED) is 0.602. The number of likely N-dealkylation sites (tertiary alicyclic amines) is 1. The number of ether oxygens (including phenoxy) is 1. The van der Waals surface area contributed by atoms with Crippen molar-refractivity contribution in [3.63, 3.8) is 0 Å². The molecule has 2 aromatic rings. The monoisotopic (exact) mass is 435 g/mol. The third kappa shape index (κ3) is 6.54. The summed E-state index contributed by atoms with van der Waals surface area (Å²) in [6.07, 6.45) is 2.90. The second-order valence-electron chi connectivity index (χ2n) is 6.84. The largest absolute Gasteiger partial charge is 0.449 e. The van der Waals surface area contributed by atoms with Crippen LogP contribution in [0, 0.1) is 0 Å². The minimum atomic E-state index is -0.544. The Morgan fingerprint density at radius 1 is 1.00 bits per heavy atom. The molecule has 1 saturated heterocycles. The van der Waals surface area contributed by atoms with Gasteiger partial charge in [0.2, 0.25) is 0 Å². The lowest BCUT2D eigenvalue weighted by atomic mass is 10.00. The molecule has 1 heterocycles. The van der Waals surface area contributed by atoms with Gasteiger partial charge < -0.3 is 15.0 Å². The Bertz CT molecular complexity index is 863. The Balaban J connectivity index is 1.49. The number of rotatable bonds is 5. The summed E-state index contributed by atoms with van der Waals surface area (Å²) in [5, 5.41) is 6.63. The first-order valence-electron chi connectivity index (χ1n) is 9.54. The smallest absolute Gasteiger partial charge is 0.411 e. The van der Waals surface area contributed by atoms with Crippen LogP contribution in [0.4, 0.5) is 21.0 Å². The van der Waals surface area contributed by atoms with Crippen molar-refractivity contribution in [2.75, 3.05) is 23.8 Å². The van der Waals surface area contributed by atoms with Crippen molar-refractivity contribution < 1.29 is 14.3 Å². The first kappa shape index (κ1) is 21.3. The predicted octanol–water partition coefficient (Wildman–Crippen LogP) is 6.02. The van der Waals surface area contributed by atoms with Gasteiger partial charge in [-0.15, -0.1) is 0 Å². The molecule has 1 aliphatic rings. The van der Waals surface area contributed by atoms with Gasteiger partial charge >= 0.3 is 12.1 Å². The highest BCUT2D eigenvalue weighted by Crippen LogP contribution is 2.22. The van der Waals surface area contributed by atoms with E-state index in [0.29, 0.717) is 34.4 Å². The van der Waals surface area contributed by atoms with Gasteiger partial charge in [0.25, 0.3) is 0 Å². The zero-order chi connectivity index (χ0) is 20.6. The first-order chi connectivity index (χ1) is 14.0. The second kappa shape index (κ2) is 10.4. The molecular weight excluding hydrogens is 413 g/mol. The molecule has 6 nitrogen and oxygen atoms in total. The van der Waals surface area contributed by atoms with E-state index in [0.717, 1.165) is 19.3 Å². The van der Waals surface area contributed by atoms with Gasteiger partial charge in [-0.05, 0) is 55.7 Å². The standard InChI is InChI=1S/C21H23Cl2N3O3/c22-15-5-3-7-17(13-15)24-20(27)26-11-2-1-9-19(26)10-12-29-21(28)25-18-8-4-6-16(23)14-18/h3-8,13-14,19H,1-2,9-12H2,(H,24,27)(H,25,28)/t19-/m1/s1. The number of nitrogens with one attached hydrogen (secondary N) is 2. The number of hydrogen-bond acceptors (Lipinski definition) is 3. The predicted molar refractivity (Wildman–Crippen MR) is 116 cm³/mol.